The van der Waals surface area contributed by atoms with Crippen LogP contribution in [0.25, 0.3) is 0 Å². The fourth-order valence-electron chi connectivity index (χ4n) is 2.13. The van der Waals surface area contributed by atoms with E-state index in [1.54, 1.807) is 7.11 Å². The zero-order chi connectivity index (χ0) is 13.7. The first kappa shape index (κ1) is 14.0. The lowest BCUT2D eigenvalue weighted by Crippen LogP contribution is -2.47. The van der Waals surface area contributed by atoms with Crippen molar-refractivity contribution in [2.45, 2.75) is 18.1 Å². The molecule has 1 aromatic rings. The Bertz CT molecular complexity index is 416. The number of rotatable bonds is 5. The molecule has 2 atom stereocenters. The van der Waals surface area contributed by atoms with Gasteiger partial charge in [0.2, 0.25) is 5.91 Å². The van der Waals surface area contributed by atoms with Crippen LogP contribution in [0.5, 0.6) is 0 Å². The molecule has 0 bridgehead atoms. The summed E-state index contributed by atoms with van der Waals surface area (Å²) >= 11 is 0. The van der Waals surface area contributed by atoms with Gasteiger partial charge in [-0.05, 0) is 5.56 Å². The average molecular weight is 264 g/mol. The first-order valence-electron chi connectivity index (χ1n) is 6.38. The lowest BCUT2D eigenvalue weighted by Gasteiger charge is -2.26. The smallest absolute Gasteiger partial charge is 0.241 e. The second-order valence-corrected chi connectivity index (χ2v) is 4.80. The van der Waals surface area contributed by atoms with E-state index in [2.05, 4.69) is 5.32 Å². The van der Waals surface area contributed by atoms with Crippen LogP contribution in [0.3, 0.4) is 0 Å². The minimum atomic E-state index is -0.655. The van der Waals surface area contributed by atoms with Crippen molar-refractivity contribution in [1.29, 1.82) is 0 Å². The van der Waals surface area contributed by atoms with E-state index in [0.717, 1.165) is 12.0 Å². The Hall–Kier alpha value is -1.43. The fraction of sp³-hybridized carbons (Fsp3) is 0.500. The third-order valence-electron chi connectivity index (χ3n) is 3.53. The second kappa shape index (κ2) is 6.14. The van der Waals surface area contributed by atoms with Gasteiger partial charge in [0, 0.05) is 26.7 Å². The maximum atomic E-state index is 12.0. The number of nitrogens with one attached hydrogen (secondary N) is 1. The molecule has 1 unspecified atom stereocenters. The molecule has 0 aromatic heterocycles. The zero-order valence-corrected chi connectivity index (χ0v) is 11.1. The summed E-state index contributed by atoms with van der Waals surface area (Å²) in [7, 11) is 1.64. The van der Waals surface area contributed by atoms with Gasteiger partial charge in [0.25, 0.3) is 0 Å². The predicted molar refractivity (Wildman–Crippen MR) is 71.6 cm³/mol. The predicted octanol–water partition coefficient (Wildman–Crippen LogP) is 0.608. The normalized spacial score (nSPS) is 24.1. The van der Waals surface area contributed by atoms with Crippen molar-refractivity contribution in [3.63, 3.8) is 0 Å². The summed E-state index contributed by atoms with van der Waals surface area (Å²) in [6.45, 7) is 1.58. The highest BCUT2D eigenvalue weighted by atomic mass is 16.5. The third kappa shape index (κ3) is 3.32. The average Bonchev–Trinajstić information content (AvgIpc) is 2.94. The molecule has 1 aromatic carbocycles. The van der Waals surface area contributed by atoms with E-state index in [1.165, 1.54) is 0 Å². The van der Waals surface area contributed by atoms with Crippen LogP contribution < -0.4 is 11.1 Å². The van der Waals surface area contributed by atoms with Gasteiger partial charge in [0.15, 0.2) is 0 Å². The summed E-state index contributed by atoms with van der Waals surface area (Å²) in [6, 6.07) is 8.65. The summed E-state index contributed by atoms with van der Waals surface area (Å²) < 4.78 is 10.8. The van der Waals surface area contributed by atoms with Gasteiger partial charge in [-0.2, -0.15) is 0 Å². The van der Waals surface area contributed by atoms with Gasteiger partial charge in [0.05, 0.1) is 6.61 Å². The molecule has 3 N–H and O–H groups in total. The Morgan fingerprint density at radius 1 is 1.53 bits per heavy atom. The molecule has 1 heterocycles. The zero-order valence-electron chi connectivity index (χ0n) is 11.1. The molecule has 1 amide bonds. The number of hydrogen-bond acceptors (Lipinski definition) is 4. The molecule has 0 aliphatic carbocycles. The van der Waals surface area contributed by atoms with Gasteiger partial charge >= 0.3 is 0 Å². The molecule has 0 saturated carbocycles. The number of benzene rings is 1. The van der Waals surface area contributed by atoms with Crippen LogP contribution in [0.15, 0.2) is 30.3 Å². The molecule has 104 valence electrons. The van der Waals surface area contributed by atoms with Crippen molar-refractivity contribution in [1.82, 2.24) is 5.32 Å². The highest BCUT2D eigenvalue weighted by Gasteiger charge is 2.35. The summed E-state index contributed by atoms with van der Waals surface area (Å²) in [5.74, 6) is -0.200. The number of carbonyl (C=O) groups excluding carboxylic acids is 1. The molecule has 2 rings (SSSR count). The standard InChI is InChI=1S/C14H20N2O3/c1-18-14(7-8-19-10-14)9-16-13(17)12(15)11-5-3-2-4-6-11/h2-6,12H,7-10,15H2,1H3,(H,16,17)/t12-,14?/m0/s1. The number of methoxy groups -OCH3 is 1. The fourth-order valence-corrected chi connectivity index (χ4v) is 2.13. The largest absolute Gasteiger partial charge is 0.378 e. The first-order valence-corrected chi connectivity index (χ1v) is 6.38. The molecule has 1 fully saturated rings. The number of carbonyl (C=O) groups is 1. The van der Waals surface area contributed by atoms with Crippen molar-refractivity contribution in [2.24, 2.45) is 5.73 Å². The van der Waals surface area contributed by atoms with Crippen molar-refractivity contribution >= 4 is 5.91 Å². The highest BCUT2D eigenvalue weighted by Crippen LogP contribution is 2.21. The Kier molecular flexibility index (Phi) is 4.52. The van der Waals surface area contributed by atoms with E-state index in [9.17, 15) is 4.79 Å². The van der Waals surface area contributed by atoms with Gasteiger partial charge < -0.3 is 20.5 Å². The first-order chi connectivity index (χ1) is 9.17. The molecular weight excluding hydrogens is 244 g/mol. The van der Waals surface area contributed by atoms with Crippen molar-refractivity contribution < 1.29 is 14.3 Å². The SMILES string of the molecule is COC1(CNC(=O)[C@@H](N)c2ccccc2)CCOC1. The minimum absolute atomic E-state index is 0.200. The van der Waals surface area contributed by atoms with Gasteiger partial charge in [-0.25, -0.2) is 0 Å². The molecule has 19 heavy (non-hydrogen) atoms. The topological polar surface area (TPSA) is 73.6 Å². The van der Waals surface area contributed by atoms with Crippen LogP contribution in [0.4, 0.5) is 0 Å². The maximum Gasteiger partial charge on any atom is 0.241 e. The second-order valence-electron chi connectivity index (χ2n) is 4.80. The van der Waals surface area contributed by atoms with E-state index in [4.69, 9.17) is 15.2 Å². The number of amides is 1. The molecular formula is C14H20N2O3. The highest BCUT2D eigenvalue weighted by molar-refractivity contribution is 5.82. The third-order valence-corrected chi connectivity index (χ3v) is 3.53. The molecule has 5 heteroatoms. The quantitative estimate of drug-likeness (QED) is 0.817. The molecule has 5 nitrogen and oxygen atoms in total. The minimum Gasteiger partial charge on any atom is -0.378 e. The van der Waals surface area contributed by atoms with Crippen molar-refractivity contribution in [2.75, 3.05) is 26.9 Å². The van der Waals surface area contributed by atoms with Crippen molar-refractivity contribution in [3.05, 3.63) is 35.9 Å². The Morgan fingerprint density at radius 3 is 2.84 bits per heavy atom. The summed E-state index contributed by atoms with van der Waals surface area (Å²) in [4.78, 5) is 12.0. The van der Waals surface area contributed by atoms with E-state index in [1.807, 2.05) is 30.3 Å². The molecule has 0 radical (unpaired) electrons. The van der Waals surface area contributed by atoms with E-state index >= 15 is 0 Å². The van der Waals surface area contributed by atoms with Crippen LogP contribution in [-0.4, -0.2) is 38.4 Å². The van der Waals surface area contributed by atoms with Gasteiger partial charge in [-0.1, -0.05) is 30.3 Å². The van der Waals surface area contributed by atoms with Crippen LogP contribution in [0, 0.1) is 0 Å². The molecule has 1 aliphatic rings. The van der Waals surface area contributed by atoms with Gasteiger partial charge in [-0.3, -0.25) is 4.79 Å². The van der Waals surface area contributed by atoms with Gasteiger partial charge in [-0.15, -0.1) is 0 Å². The number of ether oxygens (including phenoxy) is 2. The Morgan fingerprint density at radius 2 is 2.26 bits per heavy atom. The summed E-state index contributed by atoms with van der Waals surface area (Å²) in [6.07, 6.45) is 0.782. The summed E-state index contributed by atoms with van der Waals surface area (Å²) in [5, 5.41) is 2.85. The van der Waals surface area contributed by atoms with Crippen LogP contribution in [0.1, 0.15) is 18.0 Å². The molecule has 1 saturated heterocycles. The van der Waals surface area contributed by atoms with Crippen LogP contribution >= 0.6 is 0 Å². The van der Waals surface area contributed by atoms with E-state index < -0.39 is 11.6 Å². The number of nitrogens with two attached hydrogens (primary N) is 1. The monoisotopic (exact) mass is 264 g/mol. The van der Waals surface area contributed by atoms with Crippen LogP contribution in [0.2, 0.25) is 0 Å². The van der Waals surface area contributed by atoms with E-state index in [0.29, 0.717) is 19.8 Å². The molecule has 1 aliphatic heterocycles. The Balaban J connectivity index is 1.91. The number of hydrogen-bond donors (Lipinski definition) is 2. The van der Waals surface area contributed by atoms with Gasteiger partial charge in [0.1, 0.15) is 11.6 Å². The Labute approximate surface area is 113 Å². The lowest BCUT2D eigenvalue weighted by atomic mass is 10.0. The maximum absolute atomic E-state index is 12.0. The summed E-state index contributed by atoms with van der Waals surface area (Å²) in [5.41, 5.74) is 6.31. The van der Waals surface area contributed by atoms with Crippen molar-refractivity contribution in [3.8, 4) is 0 Å². The molecule has 0 spiro atoms. The van der Waals surface area contributed by atoms with E-state index in [-0.39, 0.29) is 5.91 Å². The lowest BCUT2D eigenvalue weighted by molar-refractivity contribution is -0.124. The van der Waals surface area contributed by atoms with Crippen LogP contribution in [-0.2, 0) is 14.3 Å².